The van der Waals surface area contributed by atoms with Gasteiger partial charge in [0.15, 0.2) is 0 Å². The highest BCUT2D eigenvalue weighted by molar-refractivity contribution is 5.17. The number of hydrogen-bond donors (Lipinski definition) is 1. The Hall–Kier alpha value is -0.890. The van der Waals surface area contributed by atoms with Gasteiger partial charge in [-0.05, 0) is 18.1 Å². The topological polar surface area (TPSA) is 20.2 Å². The van der Waals surface area contributed by atoms with E-state index in [4.69, 9.17) is 0 Å². The smallest absolute Gasteiger partial charge is 0.126 e. The molecule has 0 heterocycles. The second-order valence-corrected chi connectivity index (χ2v) is 3.95. The normalized spacial score (nSPS) is 12.7. The summed E-state index contributed by atoms with van der Waals surface area (Å²) in [5.74, 6) is -0.216. The third kappa shape index (κ3) is 4.43. The molecule has 0 spiro atoms. The molecule has 1 unspecified atom stereocenters. The fourth-order valence-corrected chi connectivity index (χ4v) is 1.65. The van der Waals surface area contributed by atoms with Gasteiger partial charge in [-0.15, -0.1) is 0 Å². The molecule has 0 fully saturated rings. The molecule has 0 aliphatic carbocycles. The van der Waals surface area contributed by atoms with E-state index in [1.54, 1.807) is 18.2 Å². The van der Waals surface area contributed by atoms with Gasteiger partial charge in [0.2, 0.25) is 0 Å². The Labute approximate surface area is 90.9 Å². The lowest BCUT2D eigenvalue weighted by Gasteiger charge is -2.10. The summed E-state index contributed by atoms with van der Waals surface area (Å²) in [6.07, 6.45) is 4.08. The molecule has 1 rings (SSSR count). The quantitative estimate of drug-likeness (QED) is 0.714. The van der Waals surface area contributed by atoms with E-state index in [0.717, 1.165) is 25.7 Å². The van der Waals surface area contributed by atoms with Crippen molar-refractivity contribution in [2.24, 2.45) is 0 Å². The number of halogens is 1. The maximum absolute atomic E-state index is 13.2. The fraction of sp³-hybridized carbons (Fsp3) is 0.538. The van der Waals surface area contributed by atoms with Crippen molar-refractivity contribution in [3.05, 3.63) is 35.6 Å². The highest BCUT2D eigenvalue weighted by Crippen LogP contribution is 2.12. The number of benzene rings is 1. The van der Waals surface area contributed by atoms with Gasteiger partial charge in [-0.3, -0.25) is 0 Å². The van der Waals surface area contributed by atoms with E-state index in [1.807, 2.05) is 0 Å². The Morgan fingerprint density at radius 3 is 2.67 bits per heavy atom. The van der Waals surface area contributed by atoms with Crippen LogP contribution in [-0.2, 0) is 6.42 Å². The summed E-state index contributed by atoms with van der Waals surface area (Å²) in [5, 5.41) is 9.69. The Bertz CT molecular complexity index is 286. The van der Waals surface area contributed by atoms with Gasteiger partial charge in [0, 0.05) is 6.42 Å². The molecule has 0 amide bonds. The zero-order chi connectivity index (χ0) is 11.1. The Morgan fingerprint density at radius 2 is 2.00 bits per heavy atom. The average molecular weight is 210 g/mol. The minimum absolute atomic E-state index is 0.216. The van der Waals surface area contributed by atoms with Crippen molar-refractivity contribution in [3.8, 4) is 0 Å². The molecule has 1 nitrogen and oxygen atoms in total. The van der Waals surface area contributed by atoms with Crippen LogP contribution in [0.15, 0.2) is 24.3 Å². The van der Waals surface area contributed by atoms with Crippen LogP contribution < -0.4 is 0 Å². The molecule has 0 radical (unpaired) electrons. The number of unbranched alkanes of at least 4 members (excludes halogenated alkanes) is 2. The fourth-order valence-electron chi connectivity index (χ4n) is 1.65. The molecular formula is C13H19FO. The zero-order valence-corrected chi connectivity index (χ0v) is 9.25. The van der Waals surface area contributed by atoms with Crippen molar-refractivity contribution in [1.82, 2.24) is 0 Å². The molecule has 84 valence electrons. The molecule has 0 aliphatic rings. The summed E-state index contributed by atoms with van der Waals surface area (Å²) < 4.78 is 13.2. The number of aliphatic hydroxyl groups excluding tert-OH is 1. The summed E-state index contributed by atoms with van der Waals surface area (Å²) in [6.45, 7) is 2.13. The molecule has 1 N–H and O–H groups in total. The largest absolute Gasteiger partial charge is 0.393 e. The van der Waals surface area contributed by atoms with Gasteiger partial charge in [0.1, 0.15) is 5.82 Å². The first kappa shape index (κ1) is 12.2. The van der Waals surface area contributed by atoms with Crippen molar-refractivity contribution in [2.45, 2.75) is 45.1 Å². The van der Waals surface area contributed by atoms with Crippen LogP contribution >= 0.6 is 0 Å². The Kier molecular flexibility index (Phi) is 5.33. The van der Waals surface area contributed by atoms with E-state index < -0.39 is 6.10 Å². The van der Waals surface area contributed by atoms with E-state index in [0.29, 0.717) is 12.0 Å². The van der Waals surface area contributed by atoms with Gasteiger partial charge in [0.25, 0.3) is 0 Å². The monoisotopic (exact) mass is 210 g/mol. The lowest BCUT2D eigenvalue weighted by atomic mass is 10.0. The van der Waals surface area contributed by atoms with E-state index in [9.17, 15) is 9.50 Å². The van der Waals surface area contributed by atoms with E-state index in [2.05, 4.69) is 6.92 Å². The molecule has 1 atom stereocenters. The van der Waals surface area contributed by atoms with Crippen molar-refractivity contribution in [2.75, 3.05) is 0 Å². The van der Waals surface area contributed by atoms with Crippen LogP contribution in [0.3, 0.4) is 0 Å². The molecule has 0 bridgehead atoms. The maximum atomic E-state index is 13.2. The van der Waals surface area contributed by atoms with Crippen LogP contribution in [0, 0.1) is 5.82 Å². The van der Waals surface area contributed by atoms with Crippen LogP contribution in [0.1, 0.15) is 38.2 Å². The Morgan fingerprint density at radius 1 is 1.27 bits per heavy atom. The van der Waals surface area contributed by atoms with Crippen molar-refractivity contribution in [3.63, 3.8) is 0 Å². The predicted molar refractivity (Wildman–Crippen MR) is 60.3 cm³/mol. The van der Waals surface area contributed by atoms with Crippen molar-refractivity contribution < 1.29 is 9.50 Å². The van der Waals surface area contributed by atoms with E-state index in [1.165, 1.54) is 6.07 Å². The molecule has 1 aromatic carbocycles. The summed E-state index contributed by atoms with van der Waals surface area (Å²) in [6, 6.07) is 6.64. The number of hydrogen-bond acceptors (Lipinski definition) is 1. The molecule has 2 heteroatoms. The van der Waals surface area contributed by atoms with Gasteiger partial charge in [-0.2, -0.15) is 0 Å². The van der Waals surface area contributed by atoms with Crippen molar-refractivity contribution >= 4 is 0 Å². The lowest BCUT2D eigenvalue weighted by Crippen LogP contribution is -2.11. The second kappa shape index (κ2) is 6.57. The van der Waals surface area contributed by atoms with Gasteiger partial charge < -0.3 is 5.11 Å². The first-order valence-corrected chi connectivity index (χ1v) is 5.65. The maximum Gasteiger partial charge on any atom is 0.126 e. The van der Waals surface area contributed by atoms with Crippen LogP contribution in [0.2, 0.25) is 0 Å². The van der Waals surface area contributed by atoms with Gasteiger partial charge in [-0.1, -0.05) is 44.4 Å². The summed E-state index contributed by atoms with van der Waals surface area (Å²) in [4.78, 5) is 0. The highest BCUT2D eigenvalue weighted by atomic mass is 19.1. The standard InChI is InChI=1S/C13H19FO/c1-2-3-4-8-12(15)10-11-7-5-6-9-13(11)14/h5-7,9,12,15H,2-4,8,10H2,1H3. The lowest BCUT2D eigenvalue weighted by molar-refractivity contribution is 0.160. The number of rotatable bonds is 6. The third-order valence-electron chi connectivity index (χ3n) is 2.55. The van der Waals surface area contributed by atoms with Crippen molar-refractivity contribution in [1.29, 1.82) is 0 Å². The Balaban J connectivity index is 2.37. The summed E-state index contributed by atoms with van der Waals surface area (Å²) in [7, 11) is 0. The van der Waals surface area contributed by atoms with Crippen LogP contribution in [0.25, 0.3) is 0 Å². The predicted octanol–water partition coefficient (Wildman–Crippen LogP) is 3.31. The number of aliphatic hydroxyl groups is 1. The molecule has 1 aromatic rings. The zero-order valence-electron chi connectivity index (χ0n) is 9.25. The minimum atomic E-state index is -0.409. The van der Waals surface area contributed by atoms with E-state index in [-0.39, 0.29) is 5.82 Å². The molecule has 0 aromatic heterocycles. The van der Waals surface area contributed by atoms with Crippen LogP contribution in [0.4, 0.5) is 4.39 Å². The molecule has 0 saturated carbocycles. The van der Waals surface area contributed by atoms with Crippen LogP contribution in [0.5, 0.6) is 0 Å². The first-order chi connectivity index (χ1) is 7.24. The first-order valence-electron chi connectivity index (χ1n) is 5.65. The summed E-state index contributed by atoms with van der Waals surface area (Å²) >= 11 is 0. The SMILES string of the molecule is CCCCCC(O)Cc1ccccc1F. The molecule has 15 heavy (non-hydrogen) atoms. The van der Waals surface area contributed by atoms with Gasteiger partial charge in [0.05, 0.1) is 6.10 Å². The molecular weight excluding hydrogens is 191 g/mol. The van der Waals surface area contributed by atoms with Crippen LogP contribution in [-0.4, -0.2) is 11.2 Å². The minimum Gasteiger partial charge on any atom is -0.393 e. The molecule has 0 saturated heterocycles. The van der Waals surface area contributed by atoms with Gasteiger partial charge >= 0.3 is 0 Å². The van der Waals surface area contributed by atoms with Gasteiger partial charge in [-0.25, -0.2) is 4.39 Å². The highest BCUT2D eigenvalue weighted by Gasteiger charge is 2.08. The summed E-state index contributed by atoms with van der Waals surface area (Å²) in [5.41, 5.74) is 0.612. The third-order valence-corrected chi connectivity index (χ3v) is 2.55. The average Bonchev–Trinajstić information content (AvgIpc) is 2.22. The second-order valence-electron chi connectivity index (χ2n) is 3.95. The van der Waals surface area contributed by atoms with E-state index >= 15 is 0 Å². The molecule has 0 aliphatic heterocycles.